The molecule has 7 atom stereocenters. The molecule has 33 heavy (non-hydrogen) atoms. The van der Waals surface area contributed by atoms with E-state index in [4.69, 9.17) is 10.9 Å². The van der Waals surface area contributed by atoms with Gasteiger partial charge in [0, 0.05) is 25.2 Å². The zero-order valence-electron chi connectivity index (χ0n) is 18.4. The Morgan fingerprint density at radius 3 is 2.73 bits per heavy atom. The van der Waals surface area contributed by atoms with Crippen LogP contribution < -0.4 is 10.9 Å². The lowest BCUT2D eigenvalue weighted by atomic mass is 10.1. The molecule has 4 fully saturated rings. The predicted molar refractivity (Wildman–Crippen MR) is 118 cm³/mol. The molecule has 0 spiro atoms. The molecule has 1 saturated carbocycles. The number of nitriles is 1. The van der Waals surface area contributed by atoms with Crippen molar-refractivity contribution in [3.8, 4) is 6.07 Å². The molecule has 0 aromatic heterocycles. The van der Waals surface area contributed by atoms with Crippen molar-refractivity contribution >= 4 is 21.8 Å². The average Bonchev–Trinajstić information content (AvgIpc) is 3.11. The van der Waals surface area contributed by atoms with Gasteiger partial charge in [0.1, 0.15) is 6.04 Å². The number of nitrogens with two attached hydrogens (primary N) is 2. The number of carbonyl (C=O) groups excluding carboxylic acids is 2. The molecule has 3 aliphatic heterocycles. The number of sulfonamides is 1. The van der Waals surface area contributed by atoms with Crippen LogP contribution >= 0.6 is 0 Å². The van der Waals surface area contributed by atoms with Crippen LogP contribution in [0.1, 0.15) is 37.8 Å². The highest BCUT2D eigenvalue weighted by atomic mass is 32.2. The summed E-state index contributed by atoms with van der Waals surface area (Å²) in [5.74, 6) is 0.183. The molecule has 10 nitrogen and oxygen atoms in total. The van der Waals surface area contributed by atoms with E-state index in [0.717, 1.165) is 12.8 Å². The molecule has 2 bridgehead atoms. The van der Waals surface area contributed by atoms with E-state index in [1.54, 1.807) is 21.9 Å². The van der Waals surface area contributed by atoms with E-state index in [1.807, 2.05) is 11.8 Å². The van der Waals surface area contributed by atoms with Crippen LogP contribution in [0.2, 0.25) is 0 Å². The molecule has 11 heteroatoms. The van der Waals surface area contributed by atoms with E-state index in [-0.39, 0.29) is 47.4 Å². The largest absolute Gasteiger partial charge is 0.330 e. The van der Waals surface area contributed by atoms with Gasteiger partial charge in [-0.05, 0) is 49.8 Å². The van der Waals surface area contributed by atoms with Crippen molar-refractivity contribution in [2.45, 2.75) is 67.3 Å². The standard InChI is InChI=1S/C22H28N6O4S/c1-12(13-3-2-4-17(6-13)33(25,31)32)27-16-8-20(22(27)30)26(10-16)11-18(24)21(29)28-15(9-23)5-14-7-19(14)28/h2-4,6,12,14-16,18-20H,5,7-8,10-11,24H2,1H3,(H2,25,31,32)/t12-,14-,15+,16+,18+,19?,20+/m1/s1. The summed E-state index contributed by atoms with van der Waals surface area (Å²) in [4.78, 5) is 31.6. The molecule has 4 aliphatic rings. The highest BCUT2D eigenvalue weighted by Crippen LogP contribution is 2.48. The Kier molecular flexibility index (Phi) is 5.25. The first-order chi connectivity index (χ1) is 15.6. The number of hydrogen-bond donors (Lipinski definition) is 2. The van der Waals surface area contributed by atoms with Crippen molar-refractivity contribution in [2.24, 2.45) is 16.8 Å². The number of amides is 2. The minimum absolute atomic E-state index is 0.0188. The van der Waals surface area contributed by atoms with Crippen LogP contribution in [0.5, 0.6) is 0 Å². The first kappa shape index (κ1) is 22.3. The Bertz CT molecular complexity index is 1150. The topological polar surface area (TPSA) is 154 Å². The molecule has 1 unspecified atom stereocenters. The average molecular weight is 473 g/mol. The molecule has 5 rings (SSSR count). The summed E-state index contributed by atoms with van der Waals surface area (Å²) in [7, 11) is -3.83. The van der Waals surface area contributed by atoms with Crippen LogP contribution in [0, 0.1) is 17.2 Å². The smallest absolute Gasteiger partial charge is 0.242 e. The maximum absolute atomic E-state index is 13.2. The number of primary sulfonamides is 1. The molecule has 2 amide bonds. The van der Waals surface area contributed by atoms with Crippen LogP contribution in [-0.2, 0) is 19.6 Å². The Morgan fingerprint density at radius 1 is 1.30 bits per heavy atom. The first-order valence-corrected chi connectivity index (χ1v) is 12.8. The fourth-order valence-electron chi connectivity index (χ4n) is 5.92. The second-order valence-electron chi connectivity index (χ2n) is 9.69. The SMILES string of the molecule is C[C@H](c1cccc(S(N)(=O)=O)c1)N1C(=O)[C@@H]2C[C@H]1CN2C[C@H](N)C(=O)N1C2C[C@H]2C[C@H]1C#N. The van der Waals surface area contributed by atoms with Gasteiger partial charge in [-0.15, -0.1) is 0 Å². The maximum Gasteiger partial charge on any atom is 0.242 e. The molecule has 3 saturated heterocycles. The number of hydrogen-bond acceptors (Lipinski definition) is 7. The molecule has 1 aromatic rings. The van der Waals surface area contributed by atoms with Gasteiger partial charge in [0.25, 0.3) is 0 Å². The normalized spacial score (nSPS) is 32.5. The third-order valence-corrected chi connectivity index (χ3v) is 8.57. The lowest BCUT2D eigenvalue weighted by Gasteiger charge is -2.38. The van der Waals surface area contributed by atoms with Gasteiger partial charge < -0.3 is 15.5 Å². The number of rotatable bonds is 6. The first-order valence-electron chi connectivity index (χ1n) is 11.3. The van der Waals surface area contributed by atoms with Crippen molar-refractivity contribution < 1.29 is 18.0 Å². The van der Waals surface area contributed by atoms with Crippen molar-refractivity contribution in [1.82, 2.24) is 14.7 Å². The monoisotopic (exact) mass is 472 g/mol. The molecule has 4 N–H and O–H groups in total. The van der Waals surface area contributed by atoms with E-state index in [1.165, 1.54) is 12.1 Å². The Hall–Kier alpha value is -2.52. The Morgan fingerprint density at radius 2 is 2.06 bits per heavy atom. The molecular weight excluding hydrogens is 444 g/mol. The number of nitrogens with zero attached hydrogens (tertiary/aromatic N) is 4. The minimum atomic E-state index is -3.83. The summed E-state index contributed by atoms with van der Waals surface area (Å²) in [6.45, 7) is 2.76. The van der Waals surface area contributed by atoms with Crippen LogP contribution in [0.3, 0.4) is 0 Å². The number of carbonyl (C=O) groups is 2. The van der Waals surface area contributed by atoms with Crippen molar-refractivity contribution in [3.63, 3.8) is 0 Å². The summed E-state index contributed by atoms with van der Waals surface area (Å²) in [6.07, 6.45) is 2.32. The summed E-state index contributed by atoms with van der Waals surface area (Å²) in [6, 6.07) is 6.86. The van der Waals surface area contributed by atoms with Crippen molar-refractivity contribution in [3.05, 3.63) is 29.8 Å². The lowest BCUT2D eigenvalue weighted by Crippen LogP contribution is -2.57. The van der Waals surface area contributed by atoms with Crippen LogP contribution in [-0.4, -0.2) is 78.2 Å². The number of likely N-dealkylation sites (tertiary alicyclic amines) is 3. The molecule has 0 radical (unpaired) electrons. The van der Waals surface area contributed by atoms with E-state index >= 15 is 0 Å². The summed E-state index contributed by atoms with van der Waals surface area (Å²) >= 11 is 0. The zero-order valence-corrected chi connectivity index (χ0v) is 19.2. The van der Waals surface area contributed by atoms with E-state index in [2.05, 4.69) is 6.07 Å². The van der Waals surface area contributed by atoms with Gasteiger partial charge in [-0.1, -0.05) is 12.1 Å². The summed E-state index contributed by atoms with van der Waals surface area (Å²) in [5, 5.41) is 14.6. The van der Waals surface area contributed by atoms with E-state index < -0.39 is 22.1 Å². The van der Waals surface area contributed by atoms with Gasteiger partial charge in [0.05, 0.1) is 29.1 Å². The van der Waals surface area contributed by atoms with Crippen LogP contribution in [0.25, 0.3) is 0 Å². The highest BCUT2D eigenvalue weighted by molar-refractivity contribution is 7.89. The Labute approximate surface area is 193 Å². The predicted octanol–water partition coefficient (Wildman–Crippen LogP) is -0.480. The van der Waals surface area contributed by atoms with E-state index in [0.29, 0.717) is 24.4 Å². The van der Waals surface area contributed by atoms with Gasteiger partial charge in [-0.2, -0.15) is 5.26 Å². The second kappa shape index (κ2) is 7.77. The van der Waals surface area contributed by atoms with Crippen LogP contribution in [0.15, 0.2) is 29.2 Å². The van der Waals surface area contributed by atoms with Gasteiger partial charge in [-0.3, -0.25) is 14.5 Å². The maximum atomic E-state index is 13.2. The molecule has 176 valence electrons. The molecule has 3 heterocycles. The van der Waals surface area contributed by atoms with Gasteiger partial charge in [-0.25, -0.2) is 13.6 Å². The number of benzene rings is 1. The third kappa shape index (κ3) is 3.71. The van der Waals surface area contributed by atoms with Gasteiger partial charge >= 0.3 is 0 Å². The van der Waals surface area contributed by atoms with Crippen molar-refractivity contribution in [2.75, 3.05) is 13.1 Å². The van der Waals surface area contributed by atoms with Crippen LogP contribution in [0.4, 0.5) is 0 Å². The van der Waals surface area contributed by atoms with Gasteiger partial charge in [0.15, 0.2) is 0 Å². The summed E-state index contributed by atoms with van der Waals surface area (Å²) in [5.41, 5.74) is 6.96. The quantitative estimate of drug-likeness (QED) is 0.567. The lowest BCUT2D eigenvalue weighted by molar-refractivity contribution is -0.141. The number of piperidine rings is 1. The molecular formula is C22H28N6O4S. The van der Waals surface area contributed by atoms with Gasteiger partial charge in [0.2, 0.25) is 21.8 Å². The Balaban J connectivity index is 1.25. The highest BCUT2D eigenvalue weighted by Gasteiger charge is 2.56. The fraction of sp³-hybridized carbons (Fsp3) is 0.591. The van der Waals surface area contributed by atoms with Crippen molar-refractivity contribution in [1.29, 1.82) is 5.26 Å². The second-order valence-corrected chi connectivity index (χ2v) is 11.3. The number of piperazine rings is 1. The third-order valence-electron chi connectivity index (χ3n) is 7.66. The summed E-state index contributed by atoms with van der Waals surface area (Å²) < 4.78 is 23.4. The zero-order chi connectivity index (χ0) is 23.7. The van der Waals surface area contributed by atoms with E-state index in [9.17, 15) is 23.3 Å². The number of fused-ring (bicyclic) bond motifs is 3. The molecule has 1 aliphatic carbocycles. The minimum Gasteiger partial charge on any atom is -0.330 e. The fourth-order valence-corrected chi connectivity index (χ4v) is 6.49. The molecule has 1 aromatic carbocycles.